The summed E-state index contributed by atoms with van der Waals surface area (Å²) in [7, 11) is 3.30. The third-order valence-electron chi connectivity index (χ3n) is 4.03. The molecule has 1 N–H and O–H groups in total. The average molecular weight is 356 g/mol. The molecule has 1 aromatic carbocycles. The Morgan fingerprint density at radius 2 is 1.96 bits per heavy atom. The first-order valence-electron chi connectivity index (χ1n) is 8.16. The smallest absolute Gasteiger partial charge is 0.333 e. The van der Waals surface area contributed by atoms with Gasteiger partial charge in [-0.05, 0) is 36.8 Å². The van der Waals surface area contributed by atoms with E-state index in [0.29, 0.717) is 24.5 Å². The Kier molecular flexibility index (Phi) is 4.87. The molecule has 0 atom stereocenters. The predicted octanol–water partition coefficient (Wildman–Crippen LogP) is 2.70. The predicted molar refractivity (Wildman–Crippen MR) is 96.7 cm³/mol. The van der Waals surface area contributed by atoms with Crippen LogP contribution in [0, 0.1) is 10.1 Å². The molecule has 26 heavy (non-hydrogen) atoms. The monoisotopic (exact) mass is 356 g/mol. The van der Waals surface area contributed by atoms with Crippen molar-refractivity contribution >= 4 is 11.5 Å². The molecule has 0 aliphatic carbocycles. The van der Waals surface area contributed by atoms with Crippen LogP contribution >= 0.6 is 0 Å². The first kappa shape index (κ1) is 17.5. The summed E-state index contributed by atoms with van der Waals surface area (Å²) in [5.41, 5.74) is 2.14. The standard InChI is InChI=1S/C17H20N6O3/c1-4-15-16(23(24)25)17(21(2)20-15)18-11-12-9-10-22(19-12)13-5-7-14(26-3)8-6-13/h5-10,18H,4,11H2,1-3H3. The Balaban J connectivity index is 1.76. The number of benzene rings is 1. The summed E-state index contributed by atoms with van der Waals surface area (Å²) in [6.07, 6.45) is 2.34. The van der Waals surface area contributed by atoms with Gasteiger partial charge in [0.15, 0.2) is 0 Å². The number of aromatic nitrogens is 4. The zero-order chi connectivity index (χ0) is 18.7. The Labute approximate surface area is 150 Å². The van der Waals surface area contributed by atoms with Crippen LogP contribution in [0.25, 0.3) is 5.69 Å². The van der Waals surface area contributed by atoms with Crippen molar-refractivity contribution in [2.24, 2.45) is 7.05 Å². The second-order valence-electron chi connectivity index (χ2n) is 5.68. The van der Waals surface area contributed by atoms with Crippen molar-refractivity contribution in [2.45, 2.75) is 19.9 Å². The number of rotatable bonds is 7. The first-order chi connectivity index (χ1) is 12.5. The van der Waals surface area contributed by atoms with E-state index >= 15 is 0 Å². The number of hydrogen-bond donors (Lipinski definition) is 1. The number of nitrogens with one attached hydrogen (secondary N) is 1. The summed E-state index contributed by atoms with van der Waals surface area (Å²) in [5.74, 6) is 1.16. The van der Waals surface area contributed by atoms with E-state index in [4.69, 9.17) is 4.74 Å². The molecule has 0 fully saturated rings. The minimum absolute atomic E-state index is 0.0181. The number of nitro groups is 1. The topological polar surface area (TPSA) is 100 Å². The van der Waals surface area contributed by atoms with Crippen LogP contribution in [0.1, 0.15) is 18.3 Å². The van der Waals surface area contributed by atoms with E-state index in [0.717, 1.165) is 17.1 Å². The van der Waals surface area contributed by atoms with Crippen molar-refractivity contribution in [1.29, 1.82) is 0 Å². The van der Waals surface area contributed by atoms with Crippen molar-refractivity contribution < 1.29 is 9.66 Å². The third-order valence-corrected chi connectivity index (χ3v) is 4.03. The molecular formula is C17H20N6O3. The summed E-state index contributed by atoms with van der Waals surface area (Å²) in [6, 6.07) is 9.39. The fourth-order valence-electron chi connectivity index (χ4n) is 2.71. The molecule has 0 saturated carbocycles. The van der Waals surface area contributed by atoms with Gasteiger partial charge in [-0.15, -0.1) is 0 Å². The molecule has 0 aliphatic rings. The first-order valence-corrected chi connectivity index (χ1v) is 8.16. The lowest BCUT2D eigenvalue weighted by molar-refractivity contribution is -0.384. The van der Waals surface area contributed by atoms with Gasteiger partial charge >= 0.3 is 5.69 Å². The molecule has 0 radical (unpaired) electrons. The normalized spacial score (nSPS) is 10.7. The molecule has 136 valence electrons. The molecule has 2 aromatic heterocycles. The quantitative estimate of drug-likeness (QED) is 0.516. The minimum Gasteiger partial charge on any atom is -0.497 e. The molecule has 2 heterocycles. The molecule has 0 aliphatic heterocycles. The molecular weight excluding hydrogens is 336 g/mol. The van der Waals surface area contributed by atoms with Crippen LogP contribution in [0.4, 0.5) is 11.5 Å². The van der Waals surface area contributed by atoms with E-state index in [1.54, 1.807) is 18.8 Å². The van der Waals surface area contributed by atoms with Crippen LogP contribution in [0.5, 0.6) is 5.75 Å². The second kappa shape index (κ2) is 7.26. The van der Waals surface area contributed by atoms with Crippen molar-refractivity contribution in [3.63, 3.8) is 0 Å². The fourth-order valence-corrected chi connectivity index (χ4v) is 2.71. The average Bonchev–Trinajstić information content (AvgIpc) is 3.24. The maximum atomic E-state index is 11.3. The Morgan fingerprint density at radius 3 is 2.58 bits per heavy atom. The van der Waals surface area contributed by atoms with Crippen LogP contribution in [0.15, 0.2) is 36.5 Å². The number of anilines is 1. The van der Waals surface area contributed by atoms with Gasteiger partial charge in [-0.25, -0.2) is 9.36 Å². The van der Waals surface area contributed by atoms with Crippen LogP contribution < -0.4 is 10.1 Å². The number of hydrogen-bond acceptors (Lipinski definition) is 6. The third kappa shape index (κ3) is 3.37. The van der Waals surface area contributed by atoms with Gasteiger partial charge in [0.2, 0.25) is 5.82 Å². The van der Waals surface area contributed by atoms with Crippen molar-refractivity contribution in [1.82, 2.24) is 19.6 Å². The zero-order valence-electron chi connectivity index (χ0n) is 14.8. The molecule has 0 amide bonds. The van der Waals surface area contributed by atoms with Gasteiger partial charge in [0, 0.05) is 13.2 Å². The number of nitrogens with zero attached hydrogens (tertiary/aromatic N) is 5. The molecule has 9 heteroatoms. The Hall–Kier alpha value is -3.36. The summed E-state index contributed by atoms with van der Waals surface area (Å²) in [5, 5.41) is 23.1. The van der Waals surface area contributed by atoms with Crippen LogP contribution in [0.3, 0.4) is 0 Å². The van der Waals surface area contributed by atoms with E-state index in [9.17, 15) is 10.1 Å². The van der Waals surface area contributed by atoms with Crippen LogP contribution in [-0.4, -0.2) is 31.6 Å². The molecule has 3 aromatic rings. The number of methoxy groups -OCH3 is 1. The Bertz CT molecular complexity index is 913. The van der Waals surface area contributed by atoms with Gasteiger partial charge in [-0.3, -0.25) is 10.1 Å². The summed E-state index contributed by atoms with van der Waals surface area (Å²) in [6.45, 7) is 2.20. The highest BCUT2D eigenvalue weighted by Gasteiger charge is 2.25. The zero-order valence-corrected chi connectivity index (χ0v) is 14.8. The highest BCUT2D eigenvalue weighted by Crippen LogP contribution is 2.28. The molecule has 0 bridgehead atoms. The largest absolute Gasteiger partial charge is 0.497 e. The van der Waals surface area contributed by atoms with Gasteiger partial charge in [-0.1, -0.05) is 6.92 Å². The van der Waals surface area contributed by atoms with Crippen molar-refractivity contribution in [2.75, 3.05) is 12.4 Å². The molecule has 0 spiro atoms. The van der Waals surface area contributed by atoms with Crippen molar-refractivity contribution in [3.05, 3.63) is 58.0 Å². The summed E-state index contributed by atoms with van der Waals surface area (Å²) >= 11 is 0. The van der Waals surface area contributed by atoms with E-state index in [1.807, 2.05) is 43.5 Å². The maximum absolute atomic E-state index is 11.3. The number of aryl methyl sites for hydroxylation is 2. The molecule has 0 unspecified atom stereocenters. The van der Waals surface area contributed by atoms with E-state index < -0.39 is 4.92 Å². The van der Waals surface area contributed by atoms with Gasteiger partial charge in [0.05, 0.1) is 30.0 Å². The lowest BCUT2D eigenvalue weighted by Crippen LogP contribution is -2.07. The van der Waals surface area contributed by atoms with Gasteiger partial charge < -0.3 is 10.1 Å². The van der Waals surface area contributed by atoms with Crippen molar-refractivity contribution in [3.8, 4) is 11.4 Å². The molecule has 0 saturated heterocycles. The summed E-state index contributed by atoms with van der Waals surface area (Å²) < 4.78 is 8.39. The fraction of sp³-hybridized carbons (Fsp3) is 0.294. The maximum Gasteiger partial charge on any atom is 0.333 e. The highest BCUT2D eigenvalue weighted by molar-refractivity contribution is 5.59. The SMILES string of the molecule is CCc1nn(C)c(NCc2ccn(-c3ccc(OC)cc3)n2)c1[N+](=O)[O-]. The molecule has 9 nitrogen and oxygen atoms in total. The van der Waals surface area contributed by atoms with Gasteiger partial charge in [0.25, 0.3) is 0 Å². The minimum atomic E-state index is -0.399. The van der Waals surface area contributed by atoms with E-state index in [1.165, 1.54) is 4.68 Å². The van der Waals surface area contributed by atoms with E-state index in [-0.39, 0.29) is 5.69 Å². The highest BCUT2D eigenvalue weighted by atomic mass is 16.6. The van der Waals surface area contributed by atoms with E-state index in [2.05, 4.69) is 15.5 Å². The van der Waals surface area contributed by atoms with Crippen LogP contribution in [0.2, 0.25) is 0 Å². The number of ether oxygens (including phenoxy) is 1. The van der Waals surface area contributed by atoms with Gasteiger partial charge in [0.1, 0.15) is 11.4 Å². The molecule has 3 rings (SSSR count). The lowest BCUT2D eigenvalue weighted by atomic mass is 10.3. The van der Waals surface area contributed by atoms with Gasteiger partial charge in [-0.2, -0.15) is 10.2 Å². The van der Waals surface area contributed by atoms with Crippen LogP contribution in [-0.2, 0) is 20.0 Å². The second-order valence-corrected chi connectivity index (χ2v) is 5.68. The Morgan fingerprint density at radius 1 is 1.23 bits per heavy atom. The lowest BCUT2D eigenvalue weighted by Gasteiger charge is -2.05. The summed E-state index contributed by atoms with van der Waals surface area (Å²) in [4.78, 5) is 11.0.